The zero-order valence-corrected chi connectivity index (χ0v) is 28.4. The van der Waals surface area contributed by atoms with Gasteiger partial charge in [-0.15, -0.1) is 11.8 Å². The van der Waals surface area contributed by atoms with Crippen LogP contribution in [0.25, 0.3) is 22.4 Å². The molecule has 0 aliphatic heterocycles. The first-order valence-electron chi connectivity index (χ1n) is 15.8. The van der Waals surface area contributed by atoms with Crippen LogP contribution in [0.3, 0.4) is 0 Å². The molecule has 8 nitrogen and oxygen atoms in total. The molecule has 0 saturated heterocycles. The number of imidazole rings is 1. The maximum atomic E-state index is 13.4. The normalized spacial score (nSPS) is 12.5. The second kappa shape index (κ2) is 14.7. The van der Waals surface area contributed by atoms with E-state index >= 15 is 0 Å². The van der Waals surface area contributed by atoms with Gasteiger partial charge in [-0.1, -0.05) is 48.9 Å². The first kappa shape index (κ1) is 33.5. The Kier molecular flexibility index (Phi) is 10.5. The van der Waals surface area contributed by atoms with Gasteiger partial charge >= 0.3 is 0 Å². The predicted molar refractivity (Wildman–Crippen MR) is 191 cm³/mol. The third kappa shape index (κ3) is 7.92. The molecular weight excluding hydrogens is 607 g/mol. The largest absolute Gasteiger partial charge is 0.350 e. The fraction of sp³-hybridized carbons (Fsp3) is 0.263. The number of hydrogen-bond donors (Lipinski definition) is 3. The molecule has 2 unspecified atom stereocenters. The molecule has 1 heterocycles. The lowest BCUT2D eigenvalue weighted by molar-refractivity contribution is -0.125. The summed E-state index contributed by atoms with van der Waals surface area (Å²) in [6.07, 6.45) is 0. The van der Waals surface area contributed by atoms with Gasteiger partial charge in [0.1, 0.15) is 11.9 Å². The van der Waals surface area contributed by atoms with Crippen LogP contribution < -0.4 is 16.0 Å². The lowest BCUT2D eigenvalue weighted by Gasteiger charge is -2.20. The smallest absolute Gasteiger partial charge is 0.251 e. The number of carbonyl (C=O) groups excluding carboxylic acids is 3. The van der Waals surface area contributed by atoms with E-state index in [-0.39, 0.29) is 29.8 Å². The molecule has 1 aromatic heterocycles. The van der Waals surface area contributed by atoms with E-state index < -0.39 is 6.04 Å². The Morgan fingerprint density at radius 2 is 1.49 bits per heavy atom. The van der Waals surface area contributed by atoms with E-state index in [1.165, 1.54) is 12.5 Å². The average Bonchev–Trinajstić information content (AvgIpc) is 3.43. The number of nitrogens with zero attached hydrogens (tertiary/aromatic N) is 2. The quantitative estimate of drug-likeness (QED) is 0.128. The van der Waals surface area contributed by atoms with E-state index in [4.69, 9.17) is 4.98 Å². The van der Waals surface area contributed by atoms with E-state index in [1.807, 2.05) is 80.6 Å². The number of carbonyl (C=O) groups is 3. The van der Waals surface area contributed by atoms with Crippen molar-refractivity contribution in [1.29, 1.82) is 0 Å². The molecule has 242 valence electrons. The number of aromatic nitrogens is 2. The van der Waals surface area contributed by atoms with Crippen molar-refractivity contribution in [3.05, 3.63) is 113 Å². The minimum atomic E-state index is -0.838. The summed E-state index contributed by atoms with van der Waals surface area (Å²) in [5, 5.41) is 8.70. The highest BCUT2D eigenvalue weighted by Crippen LogP contribution is 2.33. The molecule has 0 fully saturated rings. The minimum Gasteiger partial charge on any atom is -0.350 e. The molecule has 0 aliphatic carbocycles. The number of rotatable bonds is 11. The monoisotopic (exact) mass is 647 g/mol. The molecule has 9 heteroatoms. The number of hydrogen-bond acceptors (Lipinski definition) is 5. The van der Waals surface area contributed by atoms with E-state index in [0.29, 0.717) is 22.3 Å². The van der Waals surface area contributed by atoms with Crippen molar-refractivity contribution in [3.8, 4) is 11.4 Å². The lowest BCUT2D eigenvalue weighted by Crippen LogP contribution is -2.35. The van der Waals surface area contributed by atoms with Crippen molar-refractivity contribution in [2.75, 3.05) is 11.1 Å². The summed E-state index contributed by atoms with van der Waals surface area (Å²) in [6, 6.07) is 28.4. The summed E-state index contributed by atoms with van der Waals surface area (Å²) in [5.41, 5.74) is 6.64. The molecule has 3 N–H and O–H groups in total. The molecule has 47 heavy (non-hydrogen) atoms. The summed E-state index contributed by atoms with van der Waals surface area (Å²) in [7, 11) is 0. The van der Waals surface area contributed by atoms with Gasteiger partial charge in [-0.25, -0.2) is 4.98 Å². The van der Waals surface area contributed by atoms with Crippen LogP contribution in [0.1, 0.15) is 73.8 Å². The fourth-order valence-corrected chi connectivity index (χ4v) is 6.18. The number of anilines is 1. The maximum absolute atomic E-state index is 13.4. The van der Waals surface area contributed by atoms with E-state index in [1.54, 1.807) is 11.8 Å². The maximum Gasteiger partial charge on any atom is 0.251 e. The second-order valence-electron chi connectivity index (χ2n) is 11.9. The van der Waals surface area contributed by atoms with Crippen molar-refractivity contribution in [1.82, 2.24) is 20.2 Å². The molecule has 5 rings (SSSR count). The Labute approximate surface area is 280 Å². The SMILES string of the molecule is CCSc1ccc(C(NC(C)=O)C(=O)Nc2ccc(-c3nc4cc(C(=O)NC(C)C)ccc4n3C(C)c3ccc(C)cc3)cc2)cc1. The first-order valence-corrected chi connectivity index (χ1v) is 16.8. The highest BCUT2D eigenvalue weighted by Gasteiger charge is 2.23. The highest BCUT2D eigenvalue weighted by molar-refractivity contribution is 7.99. The zero-order chi connectivity index (χ0) is 33.7. The first-order chi connectivity index (χ1) is 22.5. The molecule has 0 radical (unpaired) electrons. The van der Waals surface area contributed by atoms with Gasteiger partial charge in [-0.2, -0.15) is 0 Å². The molecule has 0 aliphatic rings. The van der Waals surface area contributed by atoms with Gasteiger partial charge in [0.25, 0.3) is 11.8 Å². The summed E-state index contributed by atoms with van der Waals surface area (Å²) in [4.78, 5) is 44.4. The molecule has 3 amide bonds. The van der Waals surface area contributed by atoms with Gasteiger partial charge < -0.3 is 20.5 Å². The Balaban J connectivity index is 1.47. The fourth-order valence-electron chi connectivity index (χ4n) is 5.52. The van der Waals surface area contributed by atoms with Crippen LogP contribution in [0, 0.1) is 6.92 Å². The number of thioether (sulfide) groups is 1. The van der Waals surface area contributed by atoms with Gasteiger partial charge in [0.2, 0.25) is 5.91 Å². The van der Waals surface area contributed by atoms with Crippen molar-refractivity contribution in [3.63, 3.8) is 0 Å². The van der Waals surface area contributed by atoms with E-state index in [9.17, 15) is 14.4 Å². The number of nitrogens with one attached hydrogen (secondary N) is 3. The molecule has 0 bridgehead atoms. The van der Waals surface area contributed by atoms with Crippen LogP contribution in [0.4, 0.5) is 5.69 Å². The Morgan fingerprint density at radius 1 is 0.830 bits per heavy atom. The predicted octanol–water partition coefficient (Wildman–Crippen LogP) is 7.69. The van der Waals surface area contributed by atoms with Crippen LogP contribution in [-0.4, -0.2) is 39.1 Å². The van der Waals surface area contributed by atoms with Crippen LogP contribution in [0.2, 0.25) is 0 Å². The van der Waals surface area contributed by atoms with Crippen LogP contribution in [-0.2, 0) is 9.59 Å². The van der Waals surface area contributed by atoms with Crippen molar-refractivity contribution < 1.29 is 14.4 Å². The summed E-state index contributed by atoms with van der Waals surface area (Å²) < 4.78 is 2.19. The Bertz CT molecular complexity index is 1880. The standard InChI is InChI=1S/C38H41N5O3S/c1-7-47-32-19-14-28(15-20-32)35(40-26(6)44)38(46)41-31-17-12-29(13-18-31)36-42-33-22-30(37(45)39-23(2)3)16-21-34(33)43(36)25(5)27-10-8-24(4)9-11-27/h8-23,25,35H,7H2,1-6H3,(H,39,45)(H,40,44)(H,41,46). The summed E-state index contributed by atoms with van der Waals surface area (Å²) in [6.45, 7) is 11.6. The summed E-state index contributed by atoms with van der Waals surface area (Å²) in [5.74, 6) is 0.921. The van der Waals surface area contributed by atoms with Gasteiger partial charge in [-0.3, -0.25) is 14.4 Å². The van der Waals surface area contributed by atoms with Gasteiger partial charge in [-0.05, 0) is 99.2 Å². The summed E-state index contributed by atoms with van der Waals surface area (Å²) >= 11 is 1.71. The number of amides is 3. The van der Waals surface area contributed by atoms with Gasteiger partial charge in [0, 0.05) is 34.7 Å². The van der Waals surface area contributed by atoms with Gasteiger partial charge in [0.05, 0.1) is 17.1 Å². The van der Waals surface area contributed by atoms with Crippen molar-refractivity contribution in [2.45, 2.75) is 64.6 Å². The molecule has 2 atom stereocenters. The van der Waals surface area contributed by atoms with Crippen molar-refractivity contribution >= 4 is 46.2 Å². The molecular formula is C38H41N5O3S. The third-order valence-electron chi connectivity index (χ3n) is 7.86. The topological polar surface area (TPSA) is 105 Å². The molecule has 5 aromatic rings. The number of aryl methyl sites for hydroxylation is 1. The number of benzene rings is 4. The highest BCUT2D eigenvalue weighted by atomic mass is 32.2. The third-order valence-corrected chi connectivity index (χ3v) is 8.76. The van der Waals surface area contributed by atoms with Gasteiger partial charge in [0.15, 0.2) is 0 Å². The lowest BCUT2D eigenvalue weighted by atomic mass is 10.0. The van der Waals surface area contributed by atoms with Crippen LogP contribution >= 0.6 is 11.8 Å². The van der Waals surface area contributed by atoms with E-state index in [2.05, 4.69) is 65.6 Å². The number of fused-ring (bicyclic) bond motifs is 1. The molecule has 0 spiro atoms. The van der Waals surface area contributed by atoms with Crippen molar-refractivity contribution in [2.24, 2.45) is 0 Å². The minimum absolute atomic E-state index is 0.0193. The van der Waals surface area contributed by atoms with Crippen LogP contribution in [0.15, 0.2) is 95.9 Å². The molecule has 0 saturated carbocycles. The Morgan fingerprint density at radius 3 is 2.11 bits per heavy atom. The second-order valence-corrected chi connectivity index (χ2v) is 13.3. The molecule has 4 aromatic carbocycles. The zero-order valence-electron chi connectivity index (χ0n) is 27.6. The van der Waals surface area contributed by atoms with Crippen LogP contribution in [0.5, 0.6) is 0 Å². The average molecular weight is 648 g/mol. The Hall–Kier alpha value is -4.89. The van der Waals surface area contributed by atoms with E-state index in [0.717, 1.165) is 33.1 Å².